The smallest absolute Gasteiger partial charge is 0.408 e. The summed E-state index contributed by atoms with van der Waals surface area (Å²) in [4.78, 5) is 57.8. The first-order valence-corrected chi connectivity index (χ1v) is 18.2. The van der Waals surface area contributed by atoms with Crippen molar-refractivity contribution < 1.29 is 32.3 Å². The van der Waals surface area contributed by atoms with Gasteiger partial charge in [-0.2, -0.15) is 15.0 Å². The Morgan fingerprint density at radius 3 is 2.19 bits per heavy atom. The molecule has 3 N–H and O–H groups in total. The molecule has 0 radical (unpaired) electrons. The Morgan fingerprint density at radius 2 is 1.69 bits per heavy atom. The maximum atomic E-state index is 14.4. The van der Waals surface area contributed by atoms with Crippen LogP contribution in [0.25, 0.3) is 11.0 Å². The summed E-state index contributed by atoms with van der Waals surface area (Å²) in [5, 5.41) is 14.3. The Balaban J connectivity index is 1.29. The average molecular weight is 684 g/mol. The molecule has 4 aliphatic rings. The highest BCUT2D eigenvalue weighted by atomic mass is 32.2. The SMILES string of the molecule is C=C[C@@H]1C[C@@]1(NC(=O)[C@@H]1C[C@@H](n2nc3cc(C)c(C)cc3n2)CN1C(=O)[C@@H](NC(=O)OC1CCC1)C(C)(C)C)C(=O)NS(=O)(=O)C1CC1. The number of hydrogen-bond acceptors (Lipinski definition) is 9. The van der Waals surface area contributed by atoms with Crippen molar-refractivity contribution in [2.75, 3.05) is 6.54 Å². The summed E-state index contributed by atoms with van der Waals surface area (Å²) in [6.45, 7) is 13.2. The van der Waals surface area contributed by atoms with Crippen LogP contribution in [0.1, 0.15) is 82.9 Å². The number of carbonyl (C=O) groups is 4. The minimum atomic E-state index is -3.87. The normalized spacial score (nSPS) is 26.4. The van der Waals surface area contributed by atoms with Gasteiger partial charge in [-0.25, -0.2) is 13.2 Å². The van der Waals surface area contributed by atoms with Crippen molar-refractivity contribution in [3.8, 4) is 0 Å². The number of amides is 4. The second-order valence-corrected chi connectivity index (χ2v) is 16.9. The Labute approximate surface area is 280 Å². The van der Waals surface area contributed by atoms with E-state index in [1.165, 1.54) is 15.8 Å². The van der Waals surface area contributed by atoms with E-state index in [9.17, 15) is 27.6 Å². The van der Waals surface area contributed by atoms with Crippen LogP contribution in [0.15, 0.2) is 24.8 Å². The number of hydrogen-bond donors (Lipinski definition) is 3. The van der Waals surface area contributed by atoms with E-state index in [1.54, 1.807) is 0 Å². The third-order valence-corrected chi connectivity index (χ3v) is 12.0. The quantitative estimate of drug-likeness (QED) is 0.317. The summed E-state index contributed by atoms with van der Waals surface area (Å²) in [5.74, 6) is -2.43. The van der Waals surface area contributed by atoms with Gasteiger partial charge in [0.05, 0.1) is 11.3 Å². The number of carbonyl (C=O) groups excluding carboxylic acids is 4. The number of benzene rings is 1. The molecule has 3 saturated carbocycles. The number of fused-ring (bicyclic) bond motifs is 1. The number of sulfonamides is 1. The van der Waals surface area contributed by atoms with Crippen molar-refractivity contribution in [3.63, 3.8) is 0 Å². The van der Waals surface area contributed by atoms with Crippen LogP contribution in [0, 0.1) is 25.2 Å². The monoisotopic (exact) mass is 683 g/mol. The number of nitrogens with zero attached hydrogens (tertiary/aromatic N) is 4. The third-order valence-electron chi connectivity index (χ3n) is 10.2. The number of rotatable bonds is 10. The van der Waals surface area contributed by atoms with Gasteiger partial charge < -0.3 is 20.3 Å². The van der Waals surface area contributed by atoms with E-state index < -0.39 is 74.1 Å². The van der Waals surface area contributed by atoms with Gasteiger partial charge in [-0.15, -0.1) is 6.58 Å². The van der Waals surface area contributed by atoms with Crippen molar-refractivity contribution in [2.45, 2.75) is 115 Å². The van der Waals surface area contributed by atoms with E-state index in [0.717, 1.165) is 30.4 Å². The van der Waals surface area contributed by atoms with Crippen LogP contribution in [0.5, 0.6) is 0 Å². The predicted molar refractivity (Wildman–Crippen MR) is 176 cm³/mol. The fourth-order valence-corrected chi connectivity index (χ4v) is 7.81. The summed E-state index contributed by atoms with van der Waals surface area (Å²) in [5.41, 5.74) is 1.18. The molecule has 14 nitrogen and oxygen atoms in total. The van der Waals surface area contributed by atoms with Crippen molar-refractivity contribution in [1.82, 2.24) is 35.2 Å². The van der Waals surface area contributed by atoms with E-state index >= 15 is 0 Å². The Hall–Kier alpha value is -4.01. The molecule has 3 aliphatic carbocycles. The van der Waals surface area contributed by atoms with Gasteiger partial charge in [0.2, 0.25) is 21.8 Å². The molecule has 1 aromatic heterocycles. The molecule has 6 rings (SSSR count). The zero-order valence-electron chi connectivity index (χ0n) is 28.1. The molecule has 5 atom stereocenters. The Bertz CT molecular complexity index is 1740. The van der Waals surface area contributed by atoms with Gasteiger partial charge in [0.15, 0.2) is 0 Å². The topological polar surface area (TPSA) is 182 Å². The van der Waals surface area contributed by atoms with Crippen LogP contribution in [0.3, 0.4) is 0 Å². The number of ether oxygens (including phenoxy) is 1. The molecule has 2 aromatic rings. The number of alkyl carbamates (subject to hydrolysis) is 1. The molecule has 1 aromatic carbocycles. The van der Waals surface area contributed by atoms with Gasteiger partial charge in [-0.1, -0.05) is 26.8 Å². The zero-order chi connectivity index (χ0) is 34.8. The van der Waals surface area contributed by atoms with Gasteiger partial charge >= 0.3 is 6.09 Å². The van der Waals surface area contributed by atoms with Gasteiger partial charge in [0, 0.05) is 18.9 Å². The van der Waals surface area contributed by atoms with Crippen molar-refractivity contribution >= 4 is 44.9 Å². The van der Waals surface area contributed by atoms with Crippen molar-refractivity contribution in [2.24, 2.45) is 11.3 Å². The van der Waals surface area contributed by atoms with Crippen LogP contribution >= 0.6 is 0 Å². The minimum absolute atomic E-state index is 0.0575. The predicted octanol–water partition coefficient (Wildman–Crippen LogP) is 2.55. The van der Waals surface area contributed by atoms with Gasteiger partial charge in [0.25, 0.3) is 5.91 Å². The molecule has 0 unspecified atom stereocenters. The lowest BCUT2D eigenvalue weighted by atomic mass is 9.85. The van der Waals surface area contributed by atoms with E-state index in [4.69, 9.17) is 4.74 Å². The first kappa shape index (κ1) is 33.9. The fraction of sp³-hybridized carbons (Fsp3) is 0.636. The zero-order valence-corrected chi connectivity index (χ0v) is 28.9. The second kappa shape index (κ2) is 12.1. The summed E-state index contributed by atoms with van der Waals surface area (Å²) in [6, 6.07) is 1.24. The lowest BCUT2D eigenvalue weighted by Gasteiger charge is -2.36. The third kappa shape index (κ3) is 6.52. The molecule has 2 heterocycles. The standard InChI is InChI=1S/C33H45N7O7S/c1-7-20-16-33(20,30(43)38-48(45,46)23-11-12-23)35-28(41)26-15-21(40-36-24-13-18(2)19(3)14-25(24)37-40)17-39(26)29(42)27(32(4,5)6)34-31(44)47-22-9-8-10-22/h7,13-14,20-23,26-27H,1,8-12,15-17H2,2-6H3,(H,34,44)(H,35,41)(H,38,43)/t20-,21-,26+,27-,33+/m1/s1. The molecule has 15 heteroatoms. The lowest BCUT2D eigenvalue weighted by molar-refractivity contribution is -0.142. The van der Waals surface area contributed by atoms with Crippen molar-refractivity contribution in [3.05, 3.63) is 35.9 Å². The Kier molecular flexibility index (Phi) is 8.57. The number of aromatic nitrogens is 3. The van der Waals surface area contributed by atoms with Crippen molar-refractivity contribution in [1.29, 1.82) is 0 Å². The fourth-order valence-electron chi connectivity index (χ4n) is 6.45. The van der Waals surface area contributed by atoms with Gasteiger partial charge in [-0.3, -0.25) is 19.1 Å². The molecule has 0 bridgehead atoms. The molecule has 4 amide bonds. The molecule has 1 saturated heterocycles. The van der Waals surface area contributed by atoms with E-state index in [2.05, 4.69) is 32.1 Å². The maximum absolute atomic E-state index is 14.4. The van der Waals surface area contributed by atoms with E-state index in [1.807, 2.05) is 46.8 Å². The average Bonchev–Trinajstić information content (AvgIpc) is 3.88. The van der Waals surface area contributed by atoms with Crippen LogP contribution < -0.4 is 15.4 Å². The summed E-state index contributed by atoms with van der Waals surface area (Å²) < 4.78 is 32.9. The van der Waals surface area contributed by atoms with Crippen LogP contribution in [0.4, 0.5) is 4.79 Å². The van der Waals surface area contributed by atoms with E-state index in [0.29, 0.717) is 23.9 Å². The molecule has 48 heavy (non-hydrogen) atoms. The molecule has 260 valence electrons. The largest absolute Gasteiger partial charge is 0.446 e. The number of nitrogens with one attached hydrogen (secondary N) is 3. The summed E-state index contributed by atoms with van der Waals surface area (Å²) in [6.07, 6.45) is 4.37. The molecular weight excluding hydrogens is 638 g/mol. The number of likely N-dealkylation sites (tertiary alicyclic amines) is 1. The van der Waals surface area contributed by atoms with Crippen LogP contribution in [-0.4, -0.2) is 87.6 Å². The first-order valence-electron chi connectivity index (χ1n) is 16.6. The van der Waals surface area contributed by atoms with Gasteiger partial charge in [0.1, 0.15) is 34.8 Å². The minimum Gasteiger partial charge on any atom is -0.446 e. The highest BCUT2D eigenvalue weighted by Crippen LogP contribution is 2.46. The van der Waals surface area contributed by atoms with Crippen LogP contribution in [0.2, 0.25) is 0 Å². The molecule has 0 spiro atoms. The Morgan fingerprint density at radius 1 is 1.06 bits per heavy atom. The highest BCUT2D eigenvalue weighted by Gasteiger charge is 2.62. The van der Waals surface area contributed by atoms with E-state index in [-0.39, 0.29) is 25.5 Å². The first-order chi connectivity index (χ1) is 22.5. The second-order valence-electron chi connectivity index (χ2n) is 14.9. The summed E-state index contributed by atoms with van der Waals surface area (Å²) >= 11 is 0. The lowest BCUT2D eigenvalue weighted by Crippen LogP contribution is -2.60. The maximum Gasteiger partial charge on any atom is 0.408 e. The number of aryl methyl sites for hydroxylation is 2. The molecular formula is C33H45N7O7S. The highest BCUT2D eigenvalue weighted by molar-refractivity contribution is 7.91. The van der Waals surface area contributed by atoms with Crippen LogP contribution in [-0.2, 0) is 29.1 Å². The molecule has 4 fully saturated rings. The summed E-state index contributed by atoms with van der Waals surface area (Å²) in [7, 11) is -3.87. The van der Waals surface area contributed by atoms with Gasteiger partial charge in [-0.05, 0) is 81.0 Å². The molecule has 1 aliphatic heterocycles.